The number of nitrogens with one attached hydrogen (secondary N) is 1. The zero-order valence-corrected chi connectivity index (χ0v) is 14.4. The minimum atomic E-state index is -4.42. The summed E-state index contributed by atoms with van der Waals surface area (Å²) in [6, 6.07) is 8.22. The van der Waals surface area contributed by atoms with Crippen LogP contribution in [0.4, 0.5) is 24.7 Å². The Morgan fingerprint density at radius 3 is 2.70 bits per heavy atom. The van der Waals surface area contributed by atoms with E-state index in [1.807, 2.05) is 4.90 Å². The molecule has 0 atom stereocenters. The number of rotatable bonds is 4. The van der Waals surface area contributed by atoms with Gasteiger partial charge in [-0.25, -0.2) is 4.98 Å². The van der Waals surface area contributed by atoms with Crippen LogP contribution in [-0.2, 0) is 15.7 Å². The van der Waals surface area contributed by atoms with E-state index in [2.05, 4.69) is 10.3 Å². The Balaban J connectivity index is 1.70. The second-order valence-electron chi connectivity index (χ2n) is 5.92. The Labute approximate surface area is 154 Å². The lowest BCUT2D eigenvalue weighted by Crippen LogP contribution is -2.37. The zero-order valence-electron chi connectivity index (χ0n) is 14.4. The third-order valence-electron chi connectivity index (χ3n) is 4.00. The highest BCUT2D eigenvalue weighted by Gasteiger charge is 2.30. The molecule has 1 aromatic carbocycles. The van der Waals surface area contributed by atoms with Gasteiger partial charge in [-0.05, 0) is 35.9 Å². The number of nitrogens with zero attached hydrogens (tertiary/aromatic N) is 2. The number of benzene rings is 1. The van der Waals surface area contributed by atoms with Gasteiger partial charge in [0.15, 0.2) is 5.82 Å². The van der Waals surface area contributed by atoms with Crippen LogP contribution in [-0.4, -0.2) is 37.2 Å². The molecule has 0 unspecified atom stereocenters. The summed E-state index contributed by atoms with van der Waals surface area (Å²) in [5, 5.41) is 2.73. The quantitative estimate of drug-likeness (QED) is 0.828. The van der Waals surface area contributed by atoms with E-state index in [1.165, 1.54) is 24.3 Å². The number of amides is 1. The highest BCUT2D eigenvalue weighted by Crippen LogP contribution is 2.29. The average molecular weight is 377 g/mol. The van der Waals surface area contributed by atoms with Crippen molar-refractivity contribution in [1.29, 1.82) is 0 Å². The molecule has 0 bridgehead atoms. The van der Waals surface area contributed by atoms with E-state index >= 15 is 0 Å². The topological polar surface area (TPSA) is 54.5 Å². The van der Waals surface area contributed by atoms with E-state index in [0.717, 1.165) is 12.1 Å². The maximum Gasteiger partial charge on any atom is 0.416 e. The number of morpholine rings is 1. The van der Waals surface area contributed by atoms with Gasteiger partial charge in [-0.15, -0.1) is 0 Å². The fraction of sp³-hybridized carbons (Fsp3) is 0.263. The summed E-state index contributed by atoms with van der Waals surface area (Å²) in [6.45, 7) is 2.50. The molecule has 3 rings (SSSR count). The van der Waals surface area contributed by atoms with E-state index in [4.69, 9.17) is 4.74 Å². The maximum absolute atomic E-state index is 12.8. The SMILES string of the molecule is O=C(/C=C\c1cccc(C(F)(F)F)c1)Nc1cccnc1N1CCOCC1. The first-order chi connectivity index (χ1) is 12.9. The van der Waals surface area contributed by atoms with Gasteiger partial charge in [-0.2, -0.15) is 13.2 Å². The van der Waals surface area contributed by atoms with E-state index in [1.54, 1.807) is 18.3 Å². The van der Waals surface area contributed by atoms with Crippen molar-refractivity contribution in [1.82, 2.24) is 4.98 Å². The molecule has 2 aromatic rings. The summed E-state index contributed by atoms with van der Waals surface area (Å²) in [5.41, 5.74) is 0.0737. The molecule has 1 aliphatic rings. The molecule has 8 heteroatoms. The van der Waals surface area contributed by atoms with Gasteiger partial charge in [0, 0.05) is 25.4 Å². The number of alkyl halides is 3. The van der Waals surface area contributed by atoms with E-state index in [0.29, 0.717) is 43.4 Å². The van der Waals surface area contributed by atoms with Crippen molar-refractivity contribution in [2.24, 2.45) is 0 Å². The van der Waals surface area contributed by atoms with Crippen molar-refractivity contribution < 1.29 is 22.7 Å². The van der Waals surface area contributed by atoms with Gasteiger partial charge in [-0.1, -0.05) is 12.1 Å². The number of anilines is 2. The van der Waals surface area contributed by atoms with Crippen LogP contribution >= 0.6 is 0 Å². The molecule has 1 saturated heterocycles. The van der Waals surface area contributed by atoms with Crippen molar-refractivity contribution in [2.45, 2.75) is 6.18 Å². The number of aromatic nitrogens is 1. The molecule has 0 spiro atoms. The Morgan fingerprint density at radius 2 is 1.96 bits per heavy atom. The lowest BCUT2D eigenvalue weighted by atomic mass is 10.1. The maximum atomic E-state index is 12.8. The van der Waals surface area contributed by atoms with Gasteiger partial charge in [0.2, 0.25) is 5.91 Å². The lowest BCUT2D eigenvalue weighted by molar-refractivity contribution is -0.137. The minimum absolute atomic E-state index is 0.291. The molecule has 27 heavy (non-hydrogen) atoms. The Bertz CT molecular complexity index is 831. The van der Waals surface area contributed by atoms with Crippen LogP contribution in [0.15, 0.2) is 48.7 Å². The Morgan fingerprint density at radius 1 is 1.19 bits per heavy atom. The molecule has 5 nitrogen and oxygen atoms in total. The van der Waals surface area contributed by atoms with Crippen molar-refractivity contribution in [3.8, 4) is 0 Å². The van der Waals surface area contributed by atoms with Gasteiger partial charge in [0.05, 0.1) is 24.5 Å². The van der Waals surface area contributed by atoms with Crippen LogP contribution in [0.3, 0.4) is 0 Å². The highest BCUT2D eigenvalue weighted by molar-refractivity contribution is 6.03. The first kappa shape index (κ1) is 18.9. The smallest absolute Gasteiger partial charge is 0.378 e. The second kappa shape index (κ2) is 8.22. The number of hydrogen-bond donors (Lipinski definition) is 1. The molecule has 0 saturated carbocycles. The summed E-state index contributed by atoms with van der Waals surface area (Å²) >= 11 is 0. The predicted octanol–water partition coefficient (Wildman–Crippen LogP) is 3.59. The second-order valence-corrected chi connectivity index (χ2v) is 5.92. The van der Waals surface area contributed by atoms with Crippen LogP contribution < -0.4 is 10.2 Å². The molecule has 0 aliphatic carbocycles. The number of ether oxygens (including phenoxy) is 1. The Kier molecular flexibility index (Phi) is 5.75. The van der Waals surface area contributed by atoms with Crippen LogP contribution in [0.5, 0.6) is 0 Å². The molecule has 0 radical (unpaired) electrons. The molecule has 1 aliphatic heterocycles. The lowest BCUT2D eigenvalue weighted by Gasteiger charge is -2.29. The average Bonchev–Trinajstić information content (AvgIpc) is 2.67. The van der Waals surface area contributed by atoms with Gasteiger partial charge < -0.3 is 15.0 Å². The largest absolute Gasteiger partial charge is 0.416 e. The fourth-order valence-corrected chi connectivity index (χ4v) is 2.69. The number of carbonyl (C=O) groups excluding carboxylic acids is 1. The minimum Gasteiger partial charge on any atom is -0.378 e. The predicted molar refractivity (Wildman–Crippen MR) is 96.4 cm³/mol. The van der Waals surface area contributed by atoms with Gasteiger partial charge in [-0.3, -0.25) is 4.79 Å². The standard InChI is InChI=1S/C19H18F3N3O2/c20-19(21,22)15-4-1-3-14(13-15)6-7-17(26)24-16-5-2-8-23-18(16)25-9-11-27-12-10-25/h1-8,13H,9-12H2,(H,24,26)/b7-6-. The third kappa shape index (κ3) is 5.07. The molecule has 1 fully saturated rings. The molecule has 142 valence electrons. The van der Waals surface area contributed by atoms with Crippen molar-refractivity contribution >= 4 is 23.5 Å². The number of halogens is 3. The summed E-state index contributed by atoms with van der Waals surface area (Å²) in [4.78, 5) is 18.5. The van der Waals surface area contributed by atoms with Gasteiger partial charge in [0.25, 0.3) is 0 Å². The van der Waals surface area contributed by atoms with Crippen LogP contribution in [0.1, 0.15) is 11.1 Å². The fourth-order valence-electron chi connectivity index (χ4n) is 2.69. The molecule has 1 amide bonds. The highest BCUT2D eigenvalue weighted by atomic mass is 19.4. The van der Waals surface area contributed by atoms with Crippen LogP contribution in [0, 0.1) is 0 Å². The first-order valence-corrected chi connectivity index (χ1v) is 8.37. The number of pyridine rings is 1. The summed E-state index contributed by atoms with van der Waals surface area (Å²) in [7, 11) is 0. The molecule has 1 aromatic heterocycles. The first-order valence-electron chi connectivity index (χ1n) is 8.37. The summed E-state index contributed by atoms with van der Waals surface area (Å²) in [6.07, 6.45) is -0.241. The van der Waals surface area contributed by atoms with Crippen molar-refractivity contribution in [3.63, 3.8) is 0 Å². The molecular formula is C19H18F3N3O2. The monoisotopic (exact) mass is 377 g/mol. The van der Waals surface area contributed by atoms with E-state index in [-0.39, 0.29) is 0 Å². The van der Waals surface area contributed by atoms with Crippen molar-refractivity contribution in [2.75, 3.05) is 36.5 Å². The summed E-state index contributed by atoms with van der Waals surface area (Å²) in [5.74, 6) is 0.191. The van der Waals surface area contributed by atoms with Crippen molar-refractivity contribution in [3.05, 3.63) is 59.8 Å². The Hall–Kier alpha value is -2.87. The third-order valence-corrected chi connectivity index (χ3v) is 4.00. The zero-order chi connectivity index (χ0) is 19.3. The van der Waals surface area contributed by atoms with E-state index < -0.39 is 17.6 Å². The van der Waals surface area contributed by atoms with E-state index in [9.17, 15) is 18.0 Å². The van der Waals surface area contributed by atoms with Gasteiger partial charge >= 0.3 is 6.18 Å². The number of hydrogen-bond acceptors (Lipinski definition) is 4. The molecule has 2 heterocycles. The summed E-state index contributed by atoms with van der Waals surface area (Å²) < 4.78 is 43.6. The van der Waals surface area contributed by atoms with Crippen LogP contribution in [0.2, 0.25) is 0 Å². The normalized spacial score (nSPS) is 15.1. The molecular weight excluding hydrogens is 359 g/mol. The van der Waals surface area contributed by atoms with Gasteiger partial charge in [0.1, 0.15) is 0 Å². The number of carbonyl (C=O) groups is 1. The van der Waals surface area contributed by atoms with Crippen LogP contribution in [0.25, 0.3) is 6.08 Å². The molecule has 1 N–H and O–H groups in total.